The highest BCUT2D eigenvalue weighted by Gasteiger charge is 2.65. The second-order valence-electron chi connectivity index (χ2n) is 7.03. The normalized spacial score (nSPS) is 29.8. The van der Waals surface area contributed by atoms with Crippen molar-refractivity contribution in [2.75, 3.05) is 10.5 Å². The van der Waals surface area contributed by atoms with E-state index in [0.29, 0.717) is 24.4 Å². The summed E-state index contributed by atoms with van der Waals surface area (Å²) < 4.78 is 28.7. The minimum Gasteiger partial charge on any atom is -0.299 e. The Morgan fingerprint density at radius 1 is 1.27 bits per heavy atom. The molecule has 0 aliphatic heterocycles. The zero-order valence-corrected chi connectivity index (χ0v) is 15.1. The van der Waals surface area contributed by atoms with Gasteiger partial charge in [-0.25, -0.2) is 8.42 Å². The van der Waals surface area contributed by atoms with Crippen LogP contribution in [0.15, 0.2) is 28.7 Å². The van der Waals surface area contributed by atoms with Crippen LogP contribution in [0.25, 0.3) is 0 Å². The second kappa shape index (κ2) is 5.06. The third-order valence-corrected chi connectivity index (χ3v) is 7.64. The van der Waals surface area contributed by atoms with Gasteiger partial charge >= 0.3 is 0 Å². The van der Waals surface area contributed by atoms with Crippen LogP contribution >= 0.6 is 15.9 Å². The lowest BCUT2D eigenvalue weighted by Gasteiger charge is -2.36. The molecule has 0 amide bonds. The van der Waals surface area contributed by atoms with Gasteiger partial charge in [0, 0.05) is 16.6 Å². The topological polar surface area (TPSA) is 63.2 Å². The summed E-state index contributed by atoms with van der Waals surface area (Å²) in [5, 5.41) is 0. The molecule has 120 valence electrons. The largest absolute Gasteiger partial charge is 0.299 e. The Bertz CT molecular complexity index is 711. The Balaban J connectivity index is 1.85. The maximum atomic E-state index is 12.6. The van der Waals surface area contributed by atoms with Gasteiger partial charge in [0.15, 0.2) is 0 Å². The van der Waals surface area contributed by atoms with Crippen LogP contribution in [-0.2, 0) is 14.8 Å². The molecule has 2 atom stereocenters. The molecule has 6 heteroatoms. The molecule has 0 spiro atoms. The lowest BCUT2D eigenvalue weighted by atomic mass is 9.70. The molecule has 2 aliphatic carbocycles. The van der Waals surface area contributed by atoms with Crippen LogP contribution in [-0.4, -0.2) is 20.0 Å². The SMILES string of the molecule is CC1(C)[C@@H]2CC[C@@]1(CS(=O)(=O)Nc1ccc(Br)cc1)C(=O)C2. The Hall–Kier alpha value is -0.880. The Morgan fingerprint density at radius 2 is 1.91 bits per heavy atom. The minimum atomic E-state index is -3.56. The van der Waals surface area contributed by atoms with Gasteiger partial charge in [-0.05, 0) is 48.4 Å². The lowest BCUT2D eigenvalue weighted by Crippen LogP contribution is -2.43. The summed E-state index contributed by atoms with van der Waals surface area (Å²) in [6.07, 6.45) is 2.16. The molecule has 0 aromatic heterocycles. The molecule has 0 unspecified atom stereocenters. The molecular weight excluding hydrogens is 366 g/mol. The average Bonchev–Trinajstić information content (AvgIpc) is 2.74. The molecule has 22 heavy (non-hydrogen) atoms. The van der Waals surface area contributed by atoms with E-state index in [2.05, 4.69) is 20.7 Å². The van der Waals surface area contributed by atoms with Crippen molar-refractivity contribution in [3.05, 3.63) is 28.7 Å². The second-order valence-corrected chi connectivity index (χ2v) is 9.67. The van der Waals surface area contributed by atoms with E-state index in [1.807, 2.05) is 13.8 Å². The van der Waals surface area contributed by atoms with Gasteiger partial charge in [0.05, 0.1) is 11.2 Å². The van der Waals surface area contributed by atoms with Crippen LogP contribution in [0.5, 0.6) is 0 Å². The molecule has 2 bridgehead atoms. The number of nitrogens with one attached hydrogen (secondary N) is 1. The first-order valence-corrected chi connectivity index (χ1v) is 9.90. The standard InChI is InChI=1S/C16H20BrNO3S/c1-15(2)11-7-8-16(15,14(19)9-11)10-22(20,21)18-13-5-3-12(17)4-6-13/h3-6,11,18H,7-10H2,1-2H3/t11-,16-/m1/s1. The minimum absolute atomic E-state index is 0.113. The molecule has 0 radical (unpaired) electrons. The van der Waals surface area contributed by atoms with Gasteiger partial charge < -0.3 is 0 Å². The highest BCUT2D eigenvalue weighted by Crippen LogP contribution is 2.64. The number of rotatable bonds is 4. The summed E-state index contributed by atoms with van der Waals surface area (Å²) in [5.41, 5.74) is -0.436. The third-order valence-electron chi connectivity index (χ3n) is 5.69. The van der Waals surface area contributed by atoms with E-state index in [-0.39, 0.29) is 17.0 Å². The lowest BCUT2D eigenvalue weighted by molar-refractivity contribution is -0.128. The number of carbonyl (C=O) groups excluding carboxylic acids is 1. The number of Topliss-reactive ketones (excluding diaryl/α,β-unsaturated/α-hetero) is 1. The van der Waals surface area contributed by atoms with Gasteiger partial charge in [-0.2, -0.15) is 0 Å². The number of hydrogen-bond donors (Lipinski definition) is 1. The van der Waals surface area contributed by atoms with Crippen molar-refractivity contribution >= 4 is 37.4 Å². The highest BCUT2D eigenvalue weighted by atomic mass is 79.9. The Kier molecular flexibility index (Phi) is 3.68. The molecule has 3 rings (SSSR count). The van der Waals surface area contributed by atoms with Crippen LogP contribution in [0.1, 0.15) is 33.1 Å². The van der Waals surface area contributed by atoms with Crippen LogP contribution in [0, 0.1) is 16.7 Å². The van der Waals surface area contributed by atoms with E-state index in [0.717, 1.165) is 10.9 Å². The predicted molar refractivity (Wildman–Crippen MR) is 90.1 cm³/mol. The first kappa shape index (κ1) is 16.0. The van der Waals surface area contributed by atoms with E-state index in [9.17, 15) is 13.2 Å². The van der Waals surface area contributed by atoms with E-state index in [1.54, 1.807) is 24.3 Å². The van der Waals surface area contributed by atoms with E-state index in [1.165, 1.54) is 0 Å². The maximum absolute atomic E-state index is 12.6. The van der Waals surface area contributed by atoms with Crippen molar-refractivity contribution in [1.29, 1.82) is 0 Å². The number of benzene rings is 1. The number of sulfonamides is 1. The molecule has 4 nitrogen and oxygen atoms in total. The van der Waals surface area contributed by atoms with Crippen molar-refractivity contribution in [3.63, 3.8) is 0 Å². The molecular formula is C16H20BrNO3S. The van der Waals surface area contributed by atoms with Crippen molar-refractivity contribution in [2.24, 2.45) is 16.7 Å². The van der Waals surface area contributed by atoms with Crippen LogP contribution in [0.2, 0.25) is 0 Å². The Labute approximate surface area is 139 Å². The summed E-state index contributed by atoms with van der Waals surface area (Å²) in [6.45, 7) is 4.09. The van der Waals surface area contributed by atoms with Crippen molar-refractivity contribution < 1.29 is 13.2 Å². The molecule has 1 aromatic rings. The summed E-state index contributed by atoms with van der Waals surface area (Å²) in [7, 11) is -3.56. The average molecular weight is 386 g/mol. The fourth-order valence-corrected chi connectivity index (χ4v) is 6.32. The first-order chi connectivity index (χ1) is 10.2. The predicted octanol–water partition coefficient (Wildman–Crippen LogP) is 3.59. The number of hydrogen-bond acceptors (Lipinski definition) is 3. The van der Waals surface area contributed by atoms with Gasteiger partial charge in [0.1, 0.15) is 5.78 Å². The first-order valence-electron chi connectivity index (χ1n) is 7.46. The number of carbonyl (C=O) groups is 1. The molecule has 1 aromatic carbocycles. The van der Waals surface area contributed by atoms with Crippen LogP contribution in [0.4, 0.5) is 5.69 Å². The maximum Gasteiger partial charge on any atom is 0.233 e. The fourth-order valence-electron chi connectivity index (χ4n) is 4.17. The van der Waals surface area contributed by atoms with E-state index in [4.69, 9.17) is 0 Å². The summed E-state index contributed by atoms with van der Waals surface area (Å²) >= 11 is 3.32. The number of fused-ring (bicyclic) bond motifs is 2. The monoisotopic (exact) mass is 385 g/mol. The number of anilines is 1. The molecule has 2 aliphatic rings. The molecule has 0 heterocycles. The summed E-state index contributed by atoms with van der Waals surface area (Å²) in [5.74, 6) is 0.330. The van der Waals surface area contributed by atoms with Gasteiger partial charge in [0.25, 0.3) is 0 Å². The fraction of sp³-hybridized carbons (Fsp3) is 0.562. The van der Waals surface area contributed by atoms with Crippen molar-refractivity contribution in [3.8, 4) is 0 Å². The number of ketones is 1. The van der Waals surface area contributed by atoms with E-state index < -0.39 is 15.4 Å². The van der Waals surface area contributed by atoms with E-state index >= 15 is 0 Å². The molecule has 2 saturated carbocycles. The third kappa shape index (κ3) is 2.40. The zero-order chi connectivity index (χ0) is 16.2. The summed E-state index contributed by atoms with van der Waals surface area (Å²) in [6, 6.07) is 6.98. The van der Waals surface area contributed by atoms with Gasteiger partial charge in [-0.1, -0.05) is 29.8 Å². The zero-order valence-electron chi connectivity index (χ0n) is 12.7. The Morgan fingerprint density at radius 3 is 2.41 bits per heavy atom. The van der Waals surface area contributed by atoms with Crippen LogP contribution < -0.4 is 4.72 Å². The smallest absolute Gasteiger partial charge is 0.233 e. The molecule has 2 fully saturated rings. The quantitative estimate of drug-likeness (QED) is 0.860. The molecule has 1 N–H and O–H groups in total. The summed E-state index contributed by atoms with van der Waals surface area (Å²) in [4.78, 5) is 12.4. The molecule has 0 saturated heterocycles. The van der Waals surface area contributed by atoms with Gasteiger partial charge in [0.2, 0.25) is 10.0 Å². The van der Waals surface area contributed by atoms with Gasteiger partial charge in [-0.15, -0.1) is 0 Å². The van der Waals surface area contributed by atoms with Crippen molar-refractivity contribution in [1.82, 2.24) is 0 Å². The van der Waals surface area contributed by atoms with Gasteiger partial charge in [-0.3, -0.25) is 9.52 Å². The highest BCUT2D eigenvalue weighted by molar-refractivity contribution is 9.10. The number of halogens is 1. The van der Waals surface area contributed by atoms with Crippen LogP contribution in [0.3, 0.4) is 0 Å². The van der Waals surface area contributed by atoms with Crippen molar-refractivity contribution in [2.45, 2.75) is 33.1 Å².